The highest BCUT2D eigenvalue weighted by molar-refractivity contribution is 6.31. The number of morpholine rings is 1. The second-order valence-corrected chi connectivity index (χ2v) is 7.34. The Kier molecular flexibility index (Phi) is 8.27. The molecule has 9 heteroatoms. The summed E-state index contributed by atoms with van der Waals surface area (Å²) in [6.07, 6.45) is 0. The Bertz CT molecular complexity index is 841. The fourth-order valence-electron chi connectivity index (χ4n) is 3.14. The molecule has 1 aliphatic heterocycles. The van der Waals surface area contributed by atoms with Gasteiger partial charge in [-0.05, 0) is 29.3 Å². The molecule has 162 valence electrons. The molecule has 1 fully saturated rings. The van der Waals surface area contributed by atoms with E-state index in [2.05, 4.69) is 10.2 Å². The van der Waals surface area contributed by atoms with Crippen molar-refractivity contribution in [3.05, 3.63) is 62.7 Å². The van der Waals surface area contributed by atoms with Gasteiger partial charge in [0, 0.05) is 55.9 Å². The minimum Gasteiger partial charge on any atom is -0.493 e. The third-order valence-electron chi connectivity index (χ3n) is 4.90. The lowest BCUT2D eigenvalue weighted by Gasteiger charge is -2.26. The van der Waals surface area contributed by atoms with Gasteiger partial charge < -0.3 is 19.5 Å². The molecule has 0 radical (unpaired) electrons. The van der Waals surface area contributed by atoms with Crippen molar-refractivity contribution in [2.24, 2.45) is 0 Å². The van der Waals surface area contributed by atoms with Crippen LogP contribution in [0.4, 0.5) is 5.69 Å². The maximum atomic E-state index is 10.7. The van der Waals surface area contributed by atoms with Crippen LogP contribution in [0.25, 0.3) is 0 Å². The highest BCUT2D eigenvalue weighted by atomic mass is 35.5. The van der Waals surface area contributed by atoms with Crippen LogP contribution in [0.1, 0.15) is 11.1 Å². The van der Waals surface area contributed by atoms with Gasteiger partial charge in [-0.25, -0.2) is 0 Å². The molecule has 0 aromatic heterocycles. The fraction of sp³-hybridized carbons (Fsp3) is 0.429. The standard InChI is InChI=1S/C21H26ClN3O5/c1-28-20-12-17(14-23-6-7-24-8-10-29-11-9-24)19(22)13-21(20)30-15-16-2-4-18(5-3-16)25(26)27/h2-5,12-13,23H,6-11,14-15H2,1H3. The van der Waals surface area contributed by atoms with E-state index >= 15 is 0 Å². The van der Waals surface area contributed by atoms with E-state index in [1.54, 1.807) is 25.3 Å². The Morgan fingerprint density at radius 2 is 1.93 bits per heavy atom. The van der Waals surface area contributed by atoms with Crippen molar-refractivity contribution >= 4 is 17.3 Å². The van der Waals surface area contributed by atoms with Crippen molar-refractivity contribution in [1.29, 1.82) is 0 Å². The van der Waals surface area contributed by atoms with Crippen LogP contribution in [0.15, 0.2) is 36.4 Å². The quantitative estimate of drug-likeness (QED) is 0.348. The first-order valence-corrected chi connectivity index (χ1v) is 10.2. The lowest BCUT2D eigenvalue weighted by Crippen LogP contribution is -2.40. The van der Waals surface area contributed by atoms with Gasteiger partial charge in [0.2, 0.25) is 0 Å². The van der Waals surface area contributed by atoms with Gasteiger partial charge in [-0.1, -0.05) is 11.6 Å². The van der Waals surface area contributed by atoms with E-state index in [4.69, 9.17) is 25.8 Å². The number of hydrogen-bond donors (Lipinski definition) is 1. The first-order valence-electron chi connectivity index (χ1n) is 9.80. The summed E-state index contributed by atoms with van der Waals surface area (Å²) in [7, 11) is 1.58. The summed E-state index contributed by atoms with van der Waals surface area (Å²) in [6.45, 7) is 6.23. The van der Waals surface area contributed by atoms with Crippen molar-refractivity contribution in [2.45, 2.75) is 13.2 Å². The Morgan fingerprint density at radius 1 is 1.20 bits per heavy atom. The summed E-state index contributed by atoms with van der Waals surface area (Å²) in [6, 6.07) is 9.85. The molecule has 3 rings (SSSR count). The van der Waals surface area contributed by atoms with Gasteiger partial charge in [0.1, 0.15) is 6.61 Å². The normalized spacial score (nSPS) is 14.5. The topological polar surface area (TPSA) is 86.1 Å². The van der Waals surface area contributed by atoms with Crippen LogP contribution >= 0.6 is 11.6 Å². The van der Waals surface area contributed by atoms with Crippen LogP contribution in [-0.4, -0.2) is 56.3 Å². The number of methoxy groups -OCH3 is 1. The molecule has 2 aromatic rings. The summed E-state index contributed by atoms with van der Waals surface area (Å²) in [5.74, 6) is 1.12. The number of nitro benzene ring substituents is 1. The van der Waals surface area contributed by atoms with E-state index in [1.165, 1.54) is 12.1 Å². The predicted molar refractivity (Wildman–Crippen MR) is 114 cm³/mol. The van der Waals surface area contributed by atoms with Gasteiger partial charge in [-0.15, -0.1) is 0 Å². The largest absolute Gasteiger partial charge is 0.493 e. The molecule has 0 amide bonds. The molecule has 0 bridgehead atoms. The molecule has 2 aromatic carbocycles. The van der Waals surface area contributed by atoms with Crippen LogP contribution in [0.2, 0.25) is 5.02 Å². The molecular formula is C21H26ClN3O5. The van der Waals surface area contributed by atoms with Crippen molar-refractivity contribution in [2.75, 3.05) is 46.5 Å². The zero-order valence-electron chi connectivity index (χ0n) is 16.9. The maximum absolute atomic E-state index is 10.7. The summed E-state index contributed by atoms with van der Waals surface area (Å²) < 4.78 is 16.7. The zero-order valence-corrected chi connectivity index (χ0v) is 17.7. The summed E-state index contributed by atoms with van der Waals surface area (Å²) in [5, 5.41) is 14.8. The SMILES string of the molecule is COc1cc(CNCCN2CCOCC2)c(Cl)cc1OCc1ccc([N+](=O)[O-])cc1. The van der Waals surface area contributed by atoms with E-state index in [9.17, 15) is 10.1 Å². The zero-order chi connectivity index (χ0) is 21.3. The highest BCUT2D eigenvalue weighted by Crippen LogP contribution is 2.34. The number of halogens is 1. The summed E-state index contributed by atoms with van der Waals surface area (Å²) in [5.41, 5.74) is 1.79. The van der Waals surface area contributed by atoms with Gasteiger partial charge in [-0.3, -0.25) is 15.0 Å². The van der Waals surface area contributed by atoms with Crippen LogP contribution in [0, 0.1) is 10.1 Å². The van der Waals surface area contributed by atoms with Gasteiger partial charge in [0.25, 0.3) is 5.69 Å². The molecule has 1 heterocycles. The molecule has 0 spiro atoms. The van der Waals surface area contributed by atoms with Gasteiger partial charge in [0.05, 0.1) is 25.2 Å². The van der Waals surface area contributed by atoms with Crippen LogP contribution < -0.4 is 14.8 Å². The van der Waals surface area contributed by atoms with Crippen LogP contribution in [0.5, 0.6) is 11.5 Å². The Hall–Kier alpha value is -2.39. The van der Waals surface area contributed by atoms with Gasteiger partial charge in [0.15, 0.2) is 11.5 Å². The summed E-state index contributed by atoms with van der Waals surface area (Å²) in [4.78, 5) is 12.7. The average molecular weight is 436 g/mol. The second kappa shape index (κ2) is 11.1. The maximum Gasteiger partial charge on any atom is 0.269 e. The average Bonchev–Trinajstić information content (AvgIpc) is 2.77. The summed E-state index contributed by atoms with van der Waals surface area (Å²) >= 11 is 6.45. The Labute approximate surface area is 180 Å². The Morgan fingerprint density at radius 3 is 2.60 bits per heavy atom. The van der Waals surface area contributed by atoms with Crippen molar-refractivity contribution in [3.63, 3.8) is 0 Å². The fourth-order valence-corrected chi connectivity index (χ4v) is 3.37. The first-order chi connectivity index (χ1) is 14.6. The minimum atomic E-state index is -0.429. The third kappa shape index (κ3) is 6.30. The van der Waals surface area contributed by atoms with Crippen LogP contribution in [-0.2, 0) is 17.9 Å². The molecule has 1 saturated heterocycles. The molecule has 30 heavy (non-hydrogen) atoms. The molecule has 1 N–H and O–H groups in total. The van der Waals surface area contributed by atoms with Crippen molar-refractivity contribution in [3.8, 4) is 11.5 Å². The molecule has 1 aliphatic rings. The van der Waals surface area contributed by atoms with Crippen molar-refractivity contribution < 1.29 is 19.1 Å². The van der Waals surface area contributed by atoms with E-state index in [0.29, 0.717) is 23.1 Å². The molecule has 0 atom stereocenters. The number of nitro groups is 1. The minimum absolute atomic E-state index is 0.0462. The first kappa shape index (κ1) is 22.3. The van der Waals surface area contributed by atoms with Gasteiger partial charge in [-0.2, -0.15) is 0 Å². The predicted octanol–water partition coefficient (Wildman–Crippen LogP) is 3.26. The van der Waals surface area contributed by atoms with Crippen LogP contribution in [0.3, 0.4) is 0 Å². The molecule has 0 unspecified atom stereocenters. The second-order valence-electron chi connectivity index (χ2n) is 6.94. The number of nitrogens with zero attached hydrogens (tertiary/aromatic N) is 2. The lowest BCUT2D eigenvalue weighted by molar-refractivity contribution is -0.384. The van der Waals surface area contributed by atoms with E-state index in [1.807, 2.05) is 6.07 Å². The third-order valence-corrected chi connectivity index (χ3v) is 5.25. The number of non-ortho nitro benzene ring substituents is 1. The number of nitrogens with one attached hydrogen (secondary N) is 1. The molecule has 0 saturated carbocycles. The molecular weight excluding hydrogens is 410 g/mol. The molecule has 8 nitrogen and oxygen atoms in total. The number of benzene rings is 2. The number of ether oxygens (including phenoxy) is 3. The number of hydrogen-bond acceptors (Lipinski definition) is 7. The van der Waals surface area contributed by atoms with E-state index in [0.717, 1.165) is 50.5 Å². The molecule has 0 aliphatic carbocycles. The monoisotopic (exact) mass is 435 g/mol. The Balaban J connectivity index is 1.54. The lowest BCUT2D eigenvalue weighted by atomic mass is 10.2. The van der Waals surface area contributed by atoms with Crippen molar-refractivity contribution in [1.82, 2.24) is 10.2 Å². The van der Waals surface area contributed by atoms with E-state index in [-0.39, 0.29) is 12.3 Å². The smallest absolute Gasteiger partial charge is 0.269 e. The van der Waals surface area contributed by atoms with Gasteiger partial charge >= 0.3 is 0 Å². The highest BCUT2D eigenvalue weighted by Gasteiger charge is 2.13. The number of rotatable bonds is 10. The van der Waals surface area contributed by atoms with E-state index < -0.39 is 4.92 Å².